The Bertz CT molecular complexity index is 1100. The van der Waals surface area contributed by atoms with Gasteiger partial charge in [-0.1, -0.05) is 6.92 Å². The maximum atomic E-state index is 12.1. The highest BCUT2D eigenvalue weighted by Gasteiger charge is 2.23. The van der Waals surface area contributed by atoms with Crippen molar-refractivity contribution < 1.29 is 23.8 Å². The molecule has 0 unspecified atom stereocenters. The first-order chi connectivity index (χ1) is 14.5. The van der Waals surface area contributed by atoms with E-state index in [2.05, 4.69) is 4.98 Å². The predicted octanol–water partition coefficient (Wildman–Crippen LogP) is 4.50. The number of ether oxygens (including phenoxy) is 3. The topological polar surface area (TPSA) is 87.6 Å². The molecule has 4 rings (SSSR count). The molecule has 0 amide bonds. The van der Waals surface area contributed by atoms with Crippen molar-refractivity contribution in [2.24, 2.45) is 0 Å². The van der Waals surface area contributed by atoms with E-state index in [1.54, 1.807) is 11.3 Å². The maximum absolute atomic E-state index is 12.1. The molecule has 2 heterocycles. The number of esters is 2. The molecule has 1 aliphatic rings. The lowest BCUT2D eigenvalue weighted by atomic mass is 9.97. The minimum Gasteiger partial charge on any atom is -0.465 e. The van der Waals surface area contributed by atoms with Crippen LogP contribution in [0.3, 0.4) is 0 Å². The van der Waals surface area contributed by atoms with Crippen molar-refractivity contribution in [3.63, 3.8) is 0 Å². The van der Waals surface area contributed by atoms with Crippen molar-refractivity contribution in [1.82, 2.24) is 9.97 Å². The van der Waals surface area contributed by atoms with Gasteiger partial charge in [0.1, 0.15) is 16.4 Å². The number of carbonyl (C=O) groups is 2. The Balaban J connectivity index is 1.84. The lowest BCUT2D eigenvalue weighted by molar-refractivity contribution is 0.0598. The van der Waals surface area contributed by atoms with E-state index in [-0.39, 0.29) is 11.1 Å². The molecule has 0 fully saturated rings. The van der Waals surface area contributed by atoms with Crippen LogP contribution >= 0.6 is 11.3 Å². The highest BCUT2D eigenvalue weighted by Crippen LogP contribution is 2.41. The first-order valence-corrected chi connectivity index (χ1v) is 10.7. The summed E-state index contributed by atoms with van der Waals surface area (Å²) in [6.07, 6.45) is 4.98. The Hall–Kier alpha value is -3.00. The first kappa shape index (κ1) is 20.3. The Kier molecular flexibility index (Phi) is 5.67. The number of methoxy groups -OCH3 is 2. The fourth-order valence-corrected chi connectivity index (χ4v) is 4.91. The summed E-state index contributed by atoms with van der Waals surface area (Å²) in [5.74, 6) is 0.319. The first-order valence-electron chi connectivity index (χ1n) is 9.84. The number of hydrogen-bond donors (Lipinski definition) is 0. The van der Waals surface area contributed by atoms with Gasteiger partial charge in [-0.25, -0.2) is 14.6 Å². The number of hydrogen-bond acceptors (Lipinski definition) is 8. The van der Waals surface area contributed by atoms with Crippen LogP contribution in [-0.4, -0.2) is 36.1 Å². The van der Waals surface area contributed by atoms with Gasteiger partial charge in [0.15, 0.2) is 0 Å². The Morgan fingerprint density at radius 3 is 2.30 bits per heavy atom. The normalized spacial score (nSPS) is 13.0. The molecular formula is C22H22N2O5S. The molecule has 0 N–H and O–H groups in total. The average molecular weight is 426 g/mol. The molecule has 0 saturated carbocycles. The van der Waals surface area contributed by atoms with Gasteiger partial charge in [0.25, 0.3) is 0 Å². The van der Waals surface area contributed by atoms with Crippen molar-refractivity contribution in [1.29, 1.82) is 0 Å². The molecule has 1 aromatic carbocycles. The highest BCUT2D eigenvalue weighted by atomic mass is 32.1. The van der Waals surface area contributed by atoms with Gasteiger partial charge in [0, 0.05) is 11.3 Å². The lowest BCUT2D eigenvalue weighted by Crippen LogP contribution is -2.07. The van der Waals surface area contributed by atoms with E-state index in [0.29, 0.717) is 23.9 Å². The monoisotopic (exact) mass is 426 g/mol. The van der Waals surface area contributed by atoms with E-state index in [4.69, 9.17) is 19.2 Å². The molecular weight excluding hydrogens is 404 g/mol. The molecule has 7 nitrogen and oxygen atoms in total. The van der Waals surface area contributed by atoms with E-state index in [1.807, 2.05) is 6.92 Å². The van der Waals surface area contributed by atoms with Gasteiger partial charge in [0.05, 0.1) is 30.7 Å². The van der Waals surface area contributed by atoms with E-state index in [9.17, 15) is 9.59 Å². The fraction of sp³-hybridized carbons (Fsp3) is 0.364. The standard InChI is InChI=1S/C22H22N2O5S/c1-4-17-23-19(18-15-7-5-6-8-16(15)30-20(18)24-17)29-14-10-12(21(25)27-2)9-13(11-14)22(26)28-3/h9-11H,4-8H2,1-3H3. The zero-order valence-corrected chi connectivity index (χ0v) is 17.9. The number of thiophene rings is 1. The summed E-state index contributed by atoms with van der Waals surface area (Å²) in [5, 5.41) is 0.926. The zero-order chi connectivity index (χ0) is 21.3. The van der Waals surface area contributed by atoms with Crippen LogP contribution in [0.15, 0.2) is 18.2 Å². The van der Waals surface area contributed by atoms with E-state index in [0.717, 1.165) is 29.5 Å². The van der Waals surface area contributed by atoms with Gasteiger partial charge in [0.2, 0.25) is 5.88 Å². The van der Waals surface area contributed by atoms with Crippen LogP contribution in [0.25, 0.3) is 10.2 Å². The van der Waals surface area contributed by atoms with Crippen LogP contribution < -0.4 is 4.74 Å². The average Bonchev–Trinajstić information content (AvgIpc) is 3.16. The molecule has 0 aliphatic heterocycles. The molecule has 8 heteroatoms. The van der Waals surface area contributed by atoms with Crippen LogP contribution in [0.5, 0.6) is 11.6 Å². The number of aromatic nitrogens is 2. The molecule has 0 spiro atoms. The van der Waals surface area contributed by atoms with Crippen LogP contribution in [0.4, 0.5) is 0 Å². The van der Waals surface area contributed by atoms with Crippen molar-refractivity contribution >= 4 is 33.5 Å². The second-order valence-electron chi connectivity index (χ2n) is 7.02. The quantitative estimate of drug-likeness (QED) is 0.555. The Morgan fingerprint density at radius 1 is 1.00 bits per heavy atom. The third-order valence-electron chi connectivity index (χ3n) is 5.11. The SMILES string of the molecule is CCc1nc(Oc2cc(C(=O)OC)cc(C(=O)OC)c2)c2c3c(sc2n1)CCCC3. The van der Waals surface area contributed by atoms with Crippen LogP contribution in [0.2, 0.25) is 0 Å². The minimum absolute atomic E-state index is 0.198. The zero-order valence-electron chi connectivity index (χ0n) is 17.1. The van der Waals surface area contributed by atoms with Crippen molar-refractivity contribution in [3.05, 3.63) is 45.6 Å². The molecule has 0 radical (unpaired) electrons. The predicted molar refractivity (Wildman–Crippen MR) is 113 cm³/mol. The molecule has 0 saturated heterocycles. The number of nitrogens with zero attached hydrogens (tertiary/aromatic N) is 2. The largest absolute Gasteiger partial charge is 0.465 e. The Morgan fingerprint density at radius 2 is 1.67 bits per heavy atom. The van der Waals surface area contributed by atoms with Crippen LogP contribution in [0, 0.1) is 0 Å². The van der Waals surface area contributed by atoms with Gasteiger partial charge in [-0.05, 0) is 49.4 Å². The van der Waals surface area contributed by atoms with Gasteiger partial charge in [-0.2, -0.15) is 4.98 Å². The molecule has 3 aromatic rings. The van der Waals surface area contributed by atoms with Gasteiger partial charge in [-0.3, -0.25) is 0 Å². The van der Waals surface area contributed by atoms with Gasteiger partial charge < -0.3 is 14.2 Å². The summed E-state index contributed by atoms with van der Waals surface area (Å²) < 4.78 is 15.8. The molecule has 156 valence electrons. The van der Waals surface area contributed by atoms with E-state index in [1.165, 1.54) is 49.3 Å². The molecule has 30 heavy (non-hydrogen) atoms. The smallest absolute Gasteiger partial charge is 0.338 e. The van der Waals surface area contributed by atoms with Gasteiger partial charge in [-0.15, -0.1) is 11.3 Å². The Labute approximate surface area is 178 Å². The number of benzene rings is 1. The maximum Gasteiger partial charge on any atom is 0.338 e. The summed E-state index contributed by atoms with van der Waals surface area (Å²) in [6, 6.07) is 4.50. The number of aryl methyl sites for hydroxylation is 3. The highest BCUT2D eigenvalue weighted by molar-refractivity contribution is 7.18. The summed E-state index contributed by atoms with van der Waals surface area (Å²) in [7, 11) is 2.57. The van der Waals surface area contributed by atoms with Crippen molar-refractivity contribution in [2.45, 2.75) is 39.0 Å². The summed E-state index contributed by atoms with van der Waals surface area (Å²) >= 11 is 1.70. The number of carbonyl (C=O) groups excluding carboxylic acids is 2. The third kappa shape index (κ3) is 3.75. The third-order valence-corrected chi connectivity index (χ3v) is 6.29. The van der Waals surface area contributed by atoms with E-state index < -0.39 is 11.9 Å². The van der Waals surface area contributed by atoms with Crippen LogP contribution in [0.1, 0.15) is 56.7 Å². The summed E-state index contributed by atoms with van der Waals surface area (Å²) in [6.45, 7) is 1.99. The molecule has 1 aliphatic carbocycles. The summed E-state index contributed by atoms with van der Waals surface area (Å²) in [5.41, 5.74) is 1.64. The number of fused-ring (bicyclic) bond motifs is 3. The van der Waals surface area contributed by atoms with E-state index >= 15 is 0 Å². The van der Waals surface area contributed by atoms with Crippen LogP contribution in [-0.2, 0) is 28.7 Å². The van der Waals surface area contributed by atoms with Crippen molar-refractivity contribution in [2.75, 3.05) is 14.2 Å². The summed E-state index contributed by atoms with van der Waals surface area (Å²) in [4.78, 5) is 35.8. The molecule has 0 atom stereocenters. The minimum atomic E-state index is -0.569. The fourth-order valence-electron chi connectivity index (χ4n) is 3.64. The lowest BCUT2D eigenvalue weighted by Gasteiger charge is -2.13. The second-order valence-corrected chi connectivity index (χ2v) is 8.10. The molecule has 2 aromatic heterocycles. The van der Waals surface area contributed by atoms with Crippen molar-refractivity contribution in [3.8, 4) is 11.6 Å². The second kappa shape index (κ2) is 8.39. The number of rotatable bonds is 5. The molecule has 0 bridgehead atoms. The van der Waals surface area contributed by atoms with Gasteiger partial charge >= 0.3 is 11.9 Å².